The highest BCUT2D eigenvalue weighted by atomic mass is 35.5. The van der Waals surface area contributed by atoms with E-state index in [0.29, 0.717) is 17.2 Å². The zero-order valence-electron chi connectivity index (χ0n) is 12.1. The summed E-state index contributed by atoms with van der Waals surface area (Å²) in [6, 6.07) is 14.6. The van der Waals surface area contributed by atoms with E-state index in [1.807, 2.05) is 38.1 Å². The second-order valence-electron chi connectivity index (χ2n) is 5.01. The summed E-state index contributed by atoms with van der Waals surface area (Å²) in [5.41, 5.74) is 1.73. The number of halogens is 1. The Kier molecular flexibility index (Phi) is 5.23. The molecule has 2 aromatic rings. The Morgan fingerprint density at radius 3 is 2.62 bits per heavy atom. The highest BCUT2D eigenvalue weighted by Gasteiger charge is 2.10. The topological polar surface area (TPSA) is 38.3 Å². The standard InChI is InChI=1S/C17H18ClNO2/c1-12-6-8-16(9-7-12)21-11-13(2)19-17(20)14-4-3-5-15(18)10-14/h3-10,13H,11H2,1-2H3,(H,19,20). The third kappa shape index (κ3) is 4.80. The number of amides is 1. The predicted molar refractivity (Wildman–Crippen MR) is 85.1 cm³/mol. The van der Waals surface area contributed by atoms with E-state index in [0.717, 1.165) is 5.75 Å². The molecule has 0 saturated carbocycles. The highest BCUT2D eigenvalue weighted by molar-refractivity contribution is 6.30. The lowest BCUT2D eigenvalue weighted by Crippen LogP contribution is -2.36. The molecule has 0 spiro atoms. The van der Waals surface area contributed by atoms with Crippen molar-refractivity contribution >= 4 is 17.5 Å². The first-order valence-corrected chi connectivity index (χ1v) is 7.18. The third-order valence-corrected chi connectivity index (χ3v) is 3.22. The van der Waals surface area contributed by atoms with Crippen LogP contribution in [0.25, 0.3) is 0 Å². The van der Waals surface area contributed by atoms with Crippen LogP contribution < -0.4 is 10.1 Å². The van der Waals surface area contributed by atoms with Gasteiger partial charge in [-0.1, -0.05) is 35.4 Å². The molecule has 2 rings (SSSR count). The molecular weight excluding hydrogens is 286 g/mol. The summed E-state index contributed by atoms with van der Waals surface area (Å²) in [6.07, 6.45) is 0. The Morgan fingerprint density at radius 2 is 1.95 bits per heavy atom. The lowest BCUT2D eigenvalue weighted by atomic mass is 10.2. The van der Waals surface area contributed by atoms with Crippen molar-refractivity contribution in [3.8, 4) is 5.75 Å². The van der Waals surface area contributed by atoms with Crippen LogP contribution in [0.5, 0.6) is 5.75 Å². The van der Waals surface area contributed by atoms with Crippen LogP contribution in [-0.4, -0.2) is 18.6 Å². The molecule has 110 valence electrons. The molecule has 1 N–H and O–H groups in total. The fraction of sp³-hybridized carbons (Fsp3) is 0.235. The van der Waals surface area contributed by atoms with Crippen LogP contribution in [0.15, 0.2) is 48.5 Å². The zero-order chi connectivity index (χ0) is 15.2. The minimum atomic E-state index is -0.155. The monoisotopic (exact) mass is 303 g/mol. The molecule has 3 nitrogen and oxygen atoms in total. The van der Waals surface area contributed by atoms with Gasteiger partial charge >= 0.3 is 0 Å². The van der Waals surface area contributed by atoms with E-state index in [1.54, 1.807) is 24.3 Å². The summed E-state index contributed by atoms with van der Waals surface area (Å²) in [7, 11) is 0. The summed E-state index contributed by atoms with van der Waals surface area (Å²) in [6.45, 7) is 4.34. The molecule has 0 saturated heterocycles. The molecule has 0 aliphatic heterocycles. The minimum absolute atomic E-state index is 0.0993. The van der Waals surface area contributed by atoms with Crippen LogP contribution in [-0.2, 0) is 0 Å². The van der Waals surface area contributed by atoms with Crippen LogP contribution >= 0.6 is 11.6 Å². The summed E-state index contributed by atoms with van der Waals surface area (Å²) < 4.78 is 5.64. The van der Waals surface area contributed by atoms with Crippen LogP contribution in [0, 0.1) is 6.92 Å². The molecular formula is C17H18ClNO2. The minimum Gasteiger partial charge on any atom is -0.491 e. The lowest BCUT2D eigenvalue weighted by molar-refractivity contribution is 0.0926. The number of aryl methyl sites for hydroxylation is 1. The first-order valence-electron chi connectivity index (χ1n) is 6.80. The lowest BCUT2D eigenvalue weighted by Gasteiger charge is -2.15. The van der Waals surface area contributed by atoms with Crippen molar-refractivity contribution in [1.29, 1.82) is 0 Å². The van der Waals surface area contributed by atoms with Crippen molar-refractivity contribution in [1.82, 2.24) is 5.32 Å². The Labute approximate surface area is 129 Å². The molecule has 4 heteroatoms. The van der Waals surface area contributed by atoms with Gasteiger partial charge in [0.15, 0.2) is 0 Å². The normalized spacial score (nSPS) is 11.8. The molecule has 0 bridgehead atoms. The van der Waals surface area contributed by atoms with E-state index >= 15 is 0 Å². The van der Waals surface area contributed by atoms with Crippen LogP contribution in [0.1, 0.15) is 22.8 Å². The second kappa shape index (κ2) is 7.14. The first kappa shape index (κ1) is 15.4. The summed E-state index contributed by atoms with van der Waals surface area (Å²) in [4.78, 5) is 12.0. The van der Waals surface area contributed by atoms with Gasteiger partial charge < -0.3 is 10.1 Å². The maximum absolute atomic E-state index is 12.0. The number of carbonyl (C=O) groups excluding carboxylic acids is 1. The van der Waals surface area contributed by atoms with Gasteiger partial charge in [0.25, 0.3) is 5.91 Å². The predicted octanol–water partition coefficient (Wildman–Crippen LogP) is 3.85. The smallest absolute Gasteiger partial charge is 0.251 e. The van der Waals surface area contributed by atoms with Crippen molar-refractivity contribution in [3.05, 3.63) is 64.7 Å². The van der Waals surface area contributed by atoms with Gasteiger partial charge in [-0.05, 0) is 44.2 Å². The van der Waals surface area contributed by atoms with Crippen LogP contribution in [0.3, 0.4) is 0 Å². The molecule has 0 radical (unpaired) electrons. The highest BCUT2D eigenvalue weighted by Crippen LogP contribution is 2.12. The van der Waals surface area contributed by atoms with Crippen molar-refractivity contribution in [2.24, 2.45) is 0 Å². The summed E-state index contributed by atoms with van der Waals surface area (Å²) in [5.74, 6) is 0.641. The van der Waals surface area contributed by atoms with E-state index < -0.39 is 0 Å². The van der Waals surface area contributed by atoms with Crippen LogP contribution in [0.2, 0.25) is 5.02 Å². The molecule has 0 fully saturated rings. The van der Waals surface area contributed by atoms with Gasteiger partial charge in [0.05, 0.1) is 6.04 Å². The van der Waals surface area contributed by atoms with E-state index in [-0.39, 0.29) is 11.9 Å². The average Bonchev–Trinajstić information content (AvgIpc) is 2.46. The molecule has 0 heterocycles. The van der Waals surface area contributed by atoms with Gasteiger partial charge in [0.2, 0.25) is 0 Å². The van der Waals surface area contributed by atoms with E-state index in [1.165, 1.54) is 5.56 Å². The van der Waals surface area contributed by atoms with Crippen molar-refractivity contribution in [2.75, 3.05) is 6.61 Å². The average molecular weight is 304 g/mol. The summed E-state index contributed by atoms with van der Waals surface area (Å²) >= 11 is 5.87. The maximum atomic E-state index is 12.0. The maximum Gasteiger partial charge on any atom is 0.251 e. The first-order chi connectivity index (χ1) is 10.0. The quantitative estimate of drug-likeness (QED) is 0.911. The molecule has 21 heavy (non-hydrogen) atoms. The molecule has 0 aliphatic rings. The Balaban J connectivity index is 1.85. The fourth-order valence-electron chi connectivity index (χ4n) is 1.83. The third-order valence-electron chi connectivity index (χ3n) is 2.99. The van der Waals surface area contributed by atoms with Crippen molar-refractivity contribution in [3.63, 3.8) is 0 Å². The molecule has 0 aliphatic carbocycles. The van der Waals surface area contributed by atoms with E-state index in [4.69, 9.17) is 16.3 Å². The van der Waals surface area contributed by atoms with Gasteiger partial charge in [-0.3, -0.25) is 4.79 Å². The SMILES string of the molecule is Cc1ccc(OCC(C)NC(=O)c2cccc(Cl)c2)cc1. The number of rotatable bonds is 5. The van der Waals surface area contributed by atoms with Gasteiger partial charge in [-0.15, -0.1) is 0 Å². The number of benzene rings is 2. The zero-order valence-corrected chi connectivity index (χ0v) is 12.9. The molecule has 1 atom stereocenters. The molecule has 2 aromatic carbocycles. The summed E-state index contributed by atoms with van der Waals surface area (Å²) in [5, 5.41) is 3.43. The Bertz CT molecular complexity index is 610. The van der Waals surface area contributed by atoms with E-state index in [9.17, 15) is 4.79 Å². The number of ether oxygens (including phenoxy) is 1. The second-order valence-corrected chi connectivity index (χ2v) is 5.45. The van der Waals surface area contributed by atoms with Gasteiger partial charge in [-0.2, -0.15) is 0 Å². The van der Waals surface area contributed by atoms with E-state index in [2.05, 4.69) is 5.32 Å². The largest absolute Gasteiger partial charge is 0.491 e. The molecule has 1 unspecified atom stereocenters. The Hall–Kier alpha value is -2.00. The van der Waals surface area contributed by atoms with Gasteiger partial charge in [-0.25, -0.2) is 0 Å². The number of hydrogen-bond donors (Lipinski definition) is 1. The van der Waals surface area contributed by atoms with Gasteiger partial charge in [0.1, 0.15) is 12.4 Å². The van der Waals surface area contributed by atoms with Crippen LogP contribution in [0.4, 0.5) is 0 Å². The van der Waals surface area contributed by atoms with Gasteiger partial charge in [0, 0.05) is 10.6 Å². The fourth-order valence-corrected chi connectivity index (χ4v) is 2.02. The van der Waals surface area contributed by atoms with Crippen molar-refractivity contribution in [2.45, 2.75) is 19.9 Å². The Morgan fingerprint density at radius 1 is 1.24 bits per heavy atom. The van der Waals surface area contributed by atoms with Crippen molar-refractivity contribution < 1.29 is 9.53 Å². The number of hydrogen-bond acceptors (Lipinski definition) is 2. The molecule has 0 aromatic heterocycles. The number of nitrogens with one attached hydrogen (secondary N) is 1. The molecule has 1 amide bonds. The number of carbonyl (C=O) groups is 1.